The minimum Gasteiger partial charge on any atom is -0.390 e. The summed E-state index contributed by atoms with van der Waals surface area (Å²) in [7, 11) is 0. The third kappa shape index (κ3) is 5.18. The first-order chi connectivity index (χ1) is 14.6. The summed E-state index contributed by atoms with van der Waals surface area (Å²) in [4.78, 5) is 16.7. The lowest BCUT2D eigenvalue weighted by Gasteiger charge is -2.34. The molecule has 2 unspecified atom stereocenters. The van der Waals surface area contributed by atoms with Crippen LogP contribution in [0.2, 0.25) is 0 Å². The first kappa shape index (κ1) is 20.8. The number of aliphatic hydroxyl groups is 1. The summed E-state index contributed by atoms with van der Waals surface area (Å²) in [6, 6.07) is 14.9. The van der Waals surface area contributed by atoms with Crippen LogP contribution in [-0.4, -0.2) is 59.8 Å². The van der Waals surface area contributed by atoms with E-state index in [0.717, 1.165) is 37.9 Å². The smallest absolute Gasteiger partial charge is 0.317 e. The zero-order chi connectivity index (χ0) is 20.9. The summed E-state index contributed by atoms with van der Waals surface area (Å²) in [6.45, 7) is 3.89. The maximum atomic E-state index is 13.2. The molecule has 2 aromatic rings. The molecule has 0 bridgehead atoms. The first-order valence-electron chi connectivity index (χ1n) is 10.8. The molecule has 0 radical (unpaired) electrons. The summed E-state index contributed by atoms with van der Waals surface area (Å²) in [5.41, 5.74) is 3.77. The number of fused-ring (bicyclic) bond motifs is 1. The Morgan fingerprint density at radius 3 is 2.70 bits per heavy atom. The number of β-amino-alcohol motifs (C(OH)–C–C–N with tert-alkyl or cyclic N) is 1. The molecule has 2 heterocycles. The van der Waals surface area contributed by atoms with Crippen LogP contribution in [0.1, 0.15) is 35.4 Å². The molecule has 2 aliphatic rings. The molecule has 2 N–H and O–H groups in total. The average molecular weight is 412 g/mol. The van der Waals surface area contributed by atoms with Crippen LogP contribution in [0.3, 0.4) is 0 Å². The van der Waals surface area contributed by atoms with Crippen molar-refractivity contribution in [1.82, 2.24) is 15.1 Å². The second-order valence-corrected chi connectivity index (χ2v) is 8.43. The second-order valence-electron chi connectivity index (χ2n) is 8.43. The standard InChI is InChI=1S/C24H30FN3O2/c25-22-9-7-19(8-10-22)21-6-3-12-28(16-21)24(30)26-14-23(29)17-27-13-11-18-4-1-2-5-20(18)15-27/h1-2,4-5,7-10,21,23,29H,3,6,11-17H2,(H,26,30). The lowest BCUT2D eigenvalue weighted by molar-refractivity contribution is 0.102. The van der Waals surface area contributed by atoms with Crippen LogP contribution in [0.25, 0.3) is 0 Å². The van der Waals surface area contributed by atoms with E-state index < -0.39 is 6.10 Å². The molecule has 6 heteroatoms. The van der Waals surface area contributed by atoms with Crippen molar-refractivity contribution in [2.24, 2.45) is 0 Å². The molecule has 2 aromatic carbocycles. The molecule has 4 rings (SSSR count). The molecule has 0 spiro atoms. The Labute approximate surface area is 177 Å². The van der Waals surface area contributed by atoms with E-state index in [1.807, 2.05) is 12.1 Å². The number of hydrogen-bond donors (Lipinski definition) is 2. The maximum absolute atomic E-state index is 13.2. The summed E-state index contributed by atoms with van der Waals surface area (Å²) in [6.07, 6.45) is 2.31. The van der Waals surface area contributed by atoms with E-state index in [1.54, 1.807) is 4.90 Å². The molecule has 0 aromatic heterocycles. The van der Waals surface area contributed by atoms with Gasteiger partial charge >= 0.3 is 6.03 Å². The highest BCUT2D eigenvalue weighted by Gasteiger charge is 2.25. The number of urea groups is 1. The number of nitrogens with zero attached hydrogens (tertiary/aromatic N) is 2. The number of piperidine rings is 1. The van der Waals surface area contributed by atoms with Gasteiger partial charge in [0.25, 0.3) is 0 Å². The number of carbonyl (C=O) groups excluding carboxylic acids is 1. The van der Waals surface area contributed by atoms with Gasteiger partial charge in [0.1, 0.15) is 5.82 Å². The summed E-state index contributed by atoms with van der Waals surface area (Å²) >= 11 is 0. The van der Waals surface area contributed by atoms with Gasteiger partial charge in [0.2, 0.25) is 0 Å². The molecule has 1 saturated heterocycles. The van der Waals surface area contributed by atoms with Crippen molar-refractivity contribution in [2.45, 2.75) is 37.8 Å². The fraction of sp³-hybridized carbons (Fsp3) is 0.458. The number of halogens is 1. The van der Waals surface area contributed by atoms with E-state index in [9.17, 15) is 14.3 Å². The molecule has 1 fully saturated rings. The molecule has 2 atom stereocenters. The molecule has 0 saturated carbocycles. The number of carbonyl (C=O) groups is 1. The Hall–Kier alpha value is -2.44. The van der Waals surface area contributed by atoms with Crippen molar-refractivity contribution in [1.29, 1.82) is 0 Å². The fourth-order valence-electron chi connectivity index (χ4n) is 4.56. The number of benzene rings is 2. The van der Waals surface area contributed by atoms with E-state index >= 15 is 0 Å². The van der Waals surface area contributed by atoms with Crippen LogP contribution in [0.4, 0.5) is 9.18 Å². The van der Waals surface area contributed by atoms with E-state index in [0.29, 0.717) is 19.6 Å². The fourth-order valence-corrected chi connectivity index (χ4v) is 4.56. The topological polar surface area (TPSA) is 55.8 Å². The van der Waals surface area contributed by atoms with Gasteiger partial charge in [-0.2, -0.15) is 0 Å². The predicted octanol–water partition coefficient (Wildman–Crippen LogP) is 3.13. The van der Waals surface area contributed by atoms with Gasteiger partial charge in [0.05, 0.1) is 6.10 Å². The lowest BCUT2D eigenvalue weighted by Crippen LogP contribution is -2.48. The normalized spacial score (nSPS) is 20.5. The van der Waals surface area contributed by atoms with Gasteiger partial charge in [-0.05, 0) is 48.1 Å². The van der Waals surface area contributed by atoms with Crippen LogP contribution in [0, 0.1) is 5.82 Å². The quantitative estimate of drug-likeness (QED) is 0.795. The van der Waals surface area contributed by atoms with Crippen molar-refractivity contribution < 1.29 is 14.3 Å². The van der Waals surface area contributed by atoms with Crippen molar-refractivity contribution in [3.05, 3.63) is 71.0 Å². The minimum atomic E-state index is -0.600. The van der Waals surface area contributed by atoms with Gasteiger partial charge in [-0.3, -0.25) is 4.90 Å². The number of aliphatic hydroxyl groups excluding tert-OH is 1. The first-order valence-corrected chi connectivity index (χ1v) is 10.8. The molecule has 30 heavy (non-hydrogen) atoms. The van der Waals surface area contributed by atoms with Gasteiger partial charge in [0, 0.05) is 45.2 Å². The molecule has 2 amide bonds. The second kappa shape index (κ2) is 9.58. The molecule has 2 aliphatic heterocycles. The molecular weight excluding hydrogens is 381 g/mol. The lowest BCUT2D eigenvalue weighted by atomic mass is 9.91. The van der Waals surface area contributed by atoms with Gasteiger partial charge in [0.15, 0.2) is 0 Å². The minimum absolute atomic E-state index is 0.134. The Morgan fingerprint density at radius 2 is 1.90 bits per heavy atom. The molecule has 5 nitrogen and oxygen atoms in total. The summed E-state index contributed by atoms with van der Waals surface area (Å²) < 4.78 is 13.2. The van der Waals surface area contributed by atoms with Crippen molar-refractivity contribution >= 4 is 6.03 Å². The van der Waals surface area contributed by atoms with Gasteiger partial charge < -0.3 is 15.3 Å². The average Bonchev–Trinajstić information content (AvgIpc) is 2.78. The van der Waals surface area contributed by atoms with Gasteiger partial charge in [-0.15, -0.1) is 0 Å². The highest BCUT2D eigenvalue weighted by atomic mass is 19.1. The maximum Gasteiger partial charge on any atom is 0.317 e. The molecule has 160 valence electrons. The predicted molar refractivity (Wildman–Crippen MR) is 115 cm³/mol. The van der Waals surface area contributed by atoms with E-state index in [-0.39, 0.29) is 24.3 Å². The van der Waals surface area contributed by atoms with Gasteiger partial charge in [-0.1, -0.05) is 36.4 Å². The Bertz CT molecular complexity index is 858. The SMILES string of the molecule is O=C(NCC(O)CN1CCc2ccccc2C1)N1CCCC(c2ccc(F)cc2)C1. The zero-order valence-corrected chi connectivity index (χ0v) is 17.3. The molecule has 0 aliphatic carbocycles. The van der Waals surface area contributed by atoms with Crippen molar-refractivity contribution in [3.63, 3.8) is 0 Å². The number of amides is 2. The van der Waals surface area contributed by atoms with Crippen LogP contribution >= 0.6 is 0 Å². The highest BCUT2D eigenvalue weighted by Crippen LogP contribution is 2.27. The van der Waals surface area contributed by atoms with Gasteiger partial charge in [-0.25, -0.2) is 9.18 Å². The number of hydrogen-bond acceptors (Lipinski definition) is 3. The Kier molecular flexibility index (Phi) is 6.65. The summed E-state index contributed by atoms with van der Waals surface area (Å²) in [5, 5.41) is 13.3. The molecular formula is C24H30FN3O2. The zero-order valence-electron chi connectivity index (χ0n) is 17.3. The third-order valence-electron chi connectivity index (χ3n) is 6.22. The summed E-state index contributed by atoms with van der Waals surface area (Å²) in [5.74, 6) is -0.0150. The third-order valence-corrected chi connectivity index (χ3v) is 6.22. The monoisotopic (exact) mass is 411 g/mol. The van der Waals surface area contributed by atoms with Crippen LogP contribution in [-0.2, 0) is 13.0 Å². The number of rotatable bonds is 5. The Balaban J connectivity index is 1.23. The Morgan fingerprint density at radius 1 is 1.13 bits per heavy atom. The largest absolute Gasteiger partial charge is 0.390 e. The highest BCUT2D eigenvalue weighted by molar-refractivity contribution is 5.74. The van der Waals surface area contributed by atoms with E-state index in [1.165, 1.54) is 23.3 Å². The van der Waals surface area contributed by atoms with Crippen LogP contribution in [0.15, 0.2) is 48.5 Å². The number of likely N-dealkylation sites (tertiary alicyclic amines) is 1. The van der Waals surface area contributed by atoms with Crippen LogP contribution < -0.4 is 5.32 Å². The van der Waals surface area contributed by atoms with E-state index in [4.69, 9.17) is 0 Å². The van der Waals surface area contributed by atoms with E-state index in [2.05, 4.69) is 34.5 Å². The van der Waals surface area contributed by atoms with Crippen molar-refractivity contribution in [2.75, 3.05) is 32.7 Å². The van der Waals surface area contributed by atoms with Crippen molar-refractivity contribution in [3.8, 4) is 0 Å². The van der Waals surface area contributed by atoms with Crippen LogP contribution in [0.5, 0.6) is 0 Å². The number of nitrogens with one attached hydrogen (secondary N) is 1.